The van der Waals surface area contributed by atoms with Gasteiger partial charge in [0.15, 0.2) is 11.2 Å². The predicted molar refractivity (Wildman–Crippen MR) is 106 cm³/mol. The fraction of sp³-hybridized carbons (Fsp3) is 0.0500. The number of para-hydroxylation sites is 1. The maximum Gasteiger partial charge on any atom is 0.291 e. The van der Waals surface area contributed by atoms with E-state index in [9.17, 15) is 19.5 Å². The topological polar surface area (TPSA) is 99.3 Å². The molecule has 7 heteroatoms. The summed E-state index contributed by atoms with van der Waals surface area (Å²) in [4.78, 5) is 39.3. The smallest absolute Gasteiger partial charge is 0.291 e. The fourth-order valence-corrected chi connectivity index (χ4v) is 2.75. The molecule has 1 aromatic heterocycles. The van der Waals surface area contributed by atoms with Gasteiger partial charge in [0, 0.05) is 22.2 Å². The lowest BCUT2D eigenvalue weighted by atomic mass is 10.1. The van der Waals surface area contributed by atoms with Crippen LogP contribution < -0.4 is 16.3 Å². The lowest BCUT2D eigenvalue weighted by molar-refractivity contribution is -0.111. The number of anilines is 1. The van der Waals surface area contributed by atoms with Crippen LogP contribution in [-0.4, -0.2) is 16.0 Å². The Bertz CT molecular complexity index is 1200. The largest absolute Gasteiger partial charge is 0.503 e. The summed E-state index contributed by atoms with van der Waals surface area (Å²) in [5.74, 6) is -1.27. The molecule has 0 fully saturated rings. The van der Waals surface area contributed by atoms with Gasteiger partial charge in [0.25, 0.3) is 5.56 Å². The van der Waals surface area contributed by atoms with E-state index in [2.05, 4.69) is 10.3 Å². The molecule has 1 heterocycles. The minimum atomic E-state index is -0.858. The van der Waals surface area contributed by atoms with Crippen LogP contribution in [0.1, 0.15) is 11.1 Å². The van der Waals surface area contributed by atoms with Gasteiger partial charge in [-0.3, -0.25) is 14.4 Å². The van der Waals surface area contributed by atoms with E-state index in [0.29, 0.717) is 10.7 Å². The van der Waals surface area contributed by atoms with Crippen molar-refractivity contribution in [1.82, 2.24) is 4.98 Å². The Morgan fingerprint density at radius 2 is 1.93 bits per heavy atom. The first kappa shape index (κ1) is 18.4. The minimum Gasteiger partial charge on any atom is -0.503 e. The molecular weight excluding hydrogens is 368 g/mol. The van der Waals surface area contributed by atoms with Gasteiger partial charge in [-0.1, -0.05) is 29.8 Å². The first-order valence-corrected chi connectivity index (χ1v) is 8.38. The average Bonchev–Trinajstić information content (AvgIpc) is 2.71. The molecule has 0 aliphatic heterocycles. The Kier molecular flexibility index (Phi) is 5.09. The molecule has 3 aromatic rings. The molecule has 0 unspecified atom stereocenters. The van der Waals surface area contributed by atoms with Crippen LogP contribution >= 0.6 is 11.6 Å². The summed E-state index contributed by atoms with van der Waals surface area (Å²) in [5.41, 5.74) is -0.0570. The lowest BCUT2D eigenvalue weighted by Gasteiger charge is -2.05. The van der Waals surface area contributed by atoms with Gasteiger partial charge in [0.2, 0.25) is 5.91 Å². The normalized spacial score (nSPS) is 11.0. The second kappa shape index (κ2) is 7.47. The number of hydrogen-bond donors (Lipinski definition) is 3. The van der Waals surface area contributed by atoms with Crippen molar-refractivity contribution in [1.29, 1.82) is 0 Å². The number of aromatic hydroxyl groups is 1. The molecule has 3 N–H and O–H groups in total. The van der Waals surface area contributed by atoms with Gasteiger partial charge in [0.1, 0.15) is 0 Å². The van der Waals surface area contributed by atoms with Gasteiger partial charge in [-0.05, 0) is 42.8 Å². The zero-order valence-corrected chi connectivity index (χ0v) is 15.0. The molecule has 1 amide bonds. The molecule has 0 aliphatic rings. The molecule has 3 rings (SSSR count). The van der Waals surface area contributed by atoms with Crippen molar-refractivity contribution in [2.24, 2.45) is 0 Å². The van der Waals surface area contributed by atoms with Crippen molar-refractivity contribution < 1.29 is 9.90 Å². The zero-order chi connectivity index (χ0) is 19.6. The van der Waals surface area contributed by atoms with E-state index in [-0.39, 0.29) is 16.5 Å². The summed E-state index contributed by atoms with van der Waals surface area (Å²) in [7, 11) is 0. The number of fused-ring (bicyclic) bond motifs is 1. The van der Waals surface area contributed by atoms with Gasteiger partial charge in [-0.15, -0.1) is 0 Å². The maximum absolute atomic E-state index is 12.7. The highest BCUT2D eigenvalue weighted by atomic mass is 35.5. The van der Waals surface area contributed by atoms with Gasteiger partial charge < -0.3 is 15.4 Å². The summed E-state index contributed by atoms with van der Waals surface area (Å²) < 4.78 is 0. The summed E-state index contributed by atoms with van der Waals surface area (Å²) in [6.07, 6.45) is 2.21. The van der Waals surface area contributed by atoms with Crippen molar-refractivity contribution in [2.75, 3.05) is 5.32 Å². The third-order valence-electron chi connectivity index (χ3n) is 3.99. The highest BCUT2D eigenvalue weighted by molar-refractivity contribution is 6.31. The number of aromatic amines is 1. The number of rotatable bonds is 3. The molecule has 0 spiro atoms. The van der Waals surface area contributed by atoms with Crippen molar-refractivity contribution in [3.63, 3.8) is 0 Å². The molecule has 0 aliphatic carbocycles. The Balaban J connectivity index is 2.04. The van der Waals surface area contributed by atoms with E-state index in [1.807, 2.05) is 19.1 Å². The van der Waals surface area contributed by atoms with Crippen LogP contribution in [0.2, 0.25) is 5.02 Å². The molecule has 0 saturated heterocycles. The van der Waals surface area contributed by atoms with Crippen LogP contribution in [0.25, 0.3) is 17.0 Å². The minimum absolute atomic E-state index is 0.163. The van der Waals surface area contributed by atoms with Crippen molar-refractivity contribution in [2.45, 2.75) is 6.92 Å². The summed E-state index contributed by atoms with van der Waals surface area (Å²) in [5, 5.41) is 13.3. The van der Waals surface area contributed by atoms with Gasteiger partial charge in [-0.25, -0.2) is 0 Å². The predicted octanol–water partition coefficient (Wildman–Crippen LogP) is 3.21. The zero-order valence-electron chi connectivity index (χ0n) is 14.2. The fourth-order valence-electron chi connectivity index (χ4n) is 2.58. The molecule has 0 atom stereocenters. The highest BCUT2D eigenvalue weighted by Gasteiger charge is 2.11. The number of nitrogens with one attached hydrogen (secondary N) is 2. The lowest BCUT2D eigenvalue weighted by Crippen LogP contribution is -2.10. The first-order valence-electron chi connectivity index (χ1n) is 8.00. The average molecular weight is 383 g/mol. The molecular formula is C20H15ClN2O4. The second-order valence-electron chi connectivity index (χ2n) is 5.87. The van der Waals surface area contributed by atoms with E-state index >= 15 is 0 Å². The van der Waals surface area contributed by atoms with Crippen LogP contribution in [0.15, 0.2) is 58.1 Å². The molecule has 0 radical (unpaired) electrons. The second-order valence-corrected chi connectivity index (χ2v) is 6.31. The Morgan fingerprint density at radius 3 is 2.67 bits per heavy atom. The van der Waals surface area contributed by atoms with E-state index in [0.717, 1.165) is 17.7 Å². The quantitative estimate of drug-likeness (QED) is 0.605. The number of benzene rings is 2. The Hall–Kier alpha value is -3.38. The number of hydrogen-bond acceptors (Lipinski definition) is 4. The number of carbonyl (C=O) groups is 1. The first-order chi connectivity index (χ1) is 12.9. The van der Waals surface area contributed by atoms with Crippen molar-refractivity contribution >= 4 is 40.2 Å². The third kappa shape index (κ3) is 3.91. The van der Waals surface area contributed by atoms with Gasteiger partial charge in [0.05, 0.1) is 11.1 Å². The van der Waals surface area contributed by atoms with E-state index < -0.39 is 22.6 Å². The van der Waals surface area contributed by atoms with Crippen LogP contribution in [0, 0.1) is 6.92 Å². The number of amides is 1. The SMILES string of the molecule is Cc1ccccc1NC(=O)/C=C/c1c(O)c(=O)[nH]c2cc(Cl)ccc2c1=O. The number of aromatic nitrogens is 1. The molecule has 2 aromatic carbocycles. The van der Waals surface area contributed by atoms with E-state index in [1.165, 1.54) is 18.2 Å². The Labute approximate surface area is 158 Å². The monoisotopic (exact) mass is 382 g/mol. The van der Waals surface area contributed by atoms with E-state index in [1.54, 1.807) is 12.1 Å². The standard InChI is InChI=1S/C20H15ClN2O4/c1-11-4-2-3-5-15(11)22-17(24)9-8-14-18(25)13-7-6-12(21)10-16(13)23-20(27)19(14)26/h2-10,26H,1H3,(H,22,24)(H,23,27)/b9-8+. The van der Waals surface area contributed by atoms with Crippen molar-refractivity contribution in [3.8, 4) is 5.75 Å². The number of halogens is 1. The molecule has 6 nitrogen and oxygen atoms in total. The van der Waals surface area contributed by atoms with Crippen LogP contribution in [-0.2, 0) is 4.79 Å². The number of carbonyl (C=O) groups excluding carboxylic acids is 1. The Morgan fingerprint density at radius 1 is 1.19 bits per heavy atom. The van der Waals surface area contributed by atoms with E-state index in [4.69, 9.17) is 11.6 Å². The van der Waals surface area contributed by atoms with Gasteiger partial charge in [-0.2, -0.15) is 0 Å². The van der Waals surface area contributed by atoms with Gasteiger partial charge >= 0.3 is 0 Å². The van der Waals surface area contributed by atoms with Crippen LogP contribution in [0.3, 0.4) is 0 Å². The number of aryl methyl sites for hydroxylation is 1. The summed E-state index contributed by atoms with van der Waals surface area (Å²) in [6.45, 7) is 1.84. The summed E-state index contributed by atoms with van der Waals surface area (Å²) in [6, 6.07) is 11.6. The molecule has 0 saturated carbocycles. The summed E-state index contributed by atoms with van der Waals surface area (Å²) >= 11 is 5.89. The van der Waals surface area contributed by atoms with Crippen LogP contribution in [0.5, 0.6) is 5.75 Å². The van der Waals surface area contributed by atoms with Crippen LogP contribution in [0.4, 0.5) is 5.69 Å². The highest BCUT2D eigenvalue weighted by Crippen LogP contribution is 2.17. The molecule has 136 valence electrons. The maximum atomic E-state index is 12.7. The molecule has 27 heavy (non-hydrogen) atoms. The molecule has 0 bridgehead atoms. The number of H-pyrrole nitrogens is 1. The third-order valence-corrected chi connectivity index (χ3v) is 4.23. The van der Waals surface area contributed by atoms with Crippen molar-refractivity contribution in [3.05, 3.63) is 85.3 Å².